The lowest BCUT2D eigenvalue weighted by Crippen LogP contribution is -2.44. The van der Waals surface area contributed by atoms with Gasteiger partial charge in [-0.05, 0) is 87.8 Å². The third-order valence-corrected chi connectivity index (χ3v) is 6.79. The second kappa shape index (κ2) is 10.2. The second-order valence-corrected chi connectivity index (χ2v) is 10.1. The normalized spacial score (nSPS) is 16.9. The molecule has 1 unspecified atom stereocenters. The molecule has 2 aliphatic rings. The molecule has 3 aromatic rings. The van der Waals surface area contributed by atoms with Gasteiger partial charge in [0.15, 0.2) is 0 Å². The first-order valence-corrected chi connectivity index (χ1v) is 12.8. The van der Waals surface area contributed by atoms with Crippen LogP contribution >= 0.6 is 0 Å². The number of amides is 1. The average molecular weight is 488 g/mol. The molecule has 1 amide bonds. The van der Waals surface area contributed by atoms with E-state index in [1.165, 1.54) is 4.68 Å². The molecule has 2 aliphatic carbocycles. The summed E-state index contributed by atoms with van der Waals surface area (Å²) in [5.41, 5.74) is 4.52. The van der Waals surface area contributed by atoms with Crippen LogP contribution in [0.25, 0.3) is 0 Å². The molecule has 1 heterocycles. The SMILES string of the molecule is Cc1cc(C(=O)N(C2CC2)C2CCc3nn(C(=O)OCc4ccccc4)cc3C2)ccc1OC(C)C. The number of carbonyl (C=O) groups is 2. The maximum atomic E-state index is 13.6. The number of carbonyl (C=O) groups excluding carboxylic acids is 2. The van der Waals surface area contributed by atoms with Crippen LogP contribution in [0.5, 0.6) is 5.75 Å². The predicted molar refractivity (Wildman–Crippen MR) is 136 cm³/mol. The lowest BCUT2D eigenvalue weighted by atomic mass is 9.91. The van der Waals surface area contributed by atoms with Gasteiger partial charge in [0, 0.05) is 23.8 Å². The highest BCUT2D eigenvalue weighted by molar-refractivity contribution is 5.95. The monoisotopic (exact) mass is 487 g/mol. The third kappa shape index (κ3) is 5.30. The van der Waals surface area contributed by atoms with Crippen molar-refractivity contribution in [1.82, 2.24) is 14.7 Å². The Kier molecular flexibility index (Phi) is 6.81. The standard InChI is InChI=1S/C29H33N3O4/c1-19(2)36-27-14-9-22(15-20(27)3)28(33)32(24-10-11-24)25-12-13-26-23(16-25)17-31(30-26)29(34)35-18-21-7-5-4-6-8-21/h4-9,14-15,17,19,24-25H,10-13,16,18H2,1-3H3. The Balaban J connectivity index is 1.28. The van der Waals surface area contributed by atoms with Gasteiger partial charge in [0.1, 0.15) is 12.4 Å². The summed E-state index contributed by atoms with van der Waals surface area (Å²) in [6.45, 7) is 6.18. The number of ether oxygens (including phenoxy) is 2. The van der Waals surface area contributed by atoms with E-state index >= 15 is 0 Å². The maximum absolute atomic E-state index is 13.6. The molecule has 36 heavy (non-hydrogen) atoms. The van der Waals surface area contributed by atoms with Gasteiger partial charge in [-0.15, -0.1) is 0 Å². The number of benzene rings is 2. The summed E-state index contributed by atoms with van der Waals surface area (Å²) in [7, 11) is 0. The van der Waals surface area contributed by atoms with E-state index < -0.39 is 6.09 Å². The summed E-state index contributed by atoms with van der Waals surface area (Å²) in [6.07, 6.45) is 5.69. The fourth-order valence-electron chi connectivity index (χ4n) is 4.90. The average Bonchev–Trinajstić information content (AvgIpc) is 3.61. The van der Waals surface area contributed by atoms with Crippen LogP contribution in [0.2, 0.25) is 0 Å². The van der Waals surface area contributed by atoms with Crippen LogP contribution in [-0.2, 0) is 24.2 Å². The minimum Gasteiger partial charge on any atom is -0.491 e. The van der Waals surface area contributed by atoms with Crippen LogP contribution in [0.15, 0.2) is 54.7 Å². The molecule has 0 bridgehead atoms. The van der Waals surface area contributed by atoms with Gasteiger partial charge in [0.2, 0.25) is 0 Å². The van der Waals surface area contributed by atoms with Crippen LogP contribution in [-0.4, -0.2) is 44.9 Å². The van der Waals surface area contributed by atoms with Gasteiger partial charge in [0.05, 0.1) is 11.8 Å². The van der Waals surface area contributed by atoms with Crippen molar-refractivity contribution in [2.24, 2.45) is 0 Å². The molecule has 0 N–H and O–H groups in total. The fourth-order valence-corrected chi connectivity index (χ4v) is 4.90. The van der Waals surface area contributed by atoms with E-state index in [0.29, 0.717) is 12.0 Å². The number of hydrogen-bond acceptors (Lipinski definition) is 5. The summed E-state index contributed by atoms with van der Waals surface area (Å²) < 4.78 is 12.6. The number of fused-ring (bicyclic) bond motifs is 1. The Hall–Kier alpha value is -3.61. The van der Waals surface area contributed by atoms with Gasteiger partial charge in [-0.1, -0.05) is 30.3 Å². The first-order chi connectivity index (χ1) is 17.4. The molecule has 7 nitrogen and oxygen atoms in total. The van der Waals surface area contributed by atoms with E-state index in [0.717, 1.165) is 53.8 Å². The molecular formula is C29H33N3O4. The first-order valence-electron chi connectivity index (χ1n) is 12.8. The summed E-state index contributed by atoms with van der Waals surface area (Å²) in [5, 5.41) is 4.49. The molecule has 1 atom stereocenters. The van der Waals surface area contributed by atoms with E-state index in [1.807, 2.05) is 69.3 Å². The lowest BCUT2D eigenvalue weighted by Gasteiger charge is -2.34. The molecule has 1 fully saturated rings. The predicted octanol–water partition coefficient (Wildman–Crippen LogP) is 5.33. The molecule has 188 valence electrons. The Morgan fingerprint density at radius 2 is 1.86 bits per heavy atom. The molecule has 1 saturated carbocycles. The second-order valence-electron chi connectivity index (χ2n) is 10.1. The molecular weight excluding hydrogens is 454 g/mol. The zero-order chi connectivity index (χ0) is 25.2. The molecule has 0 saturated heterocycles. The van der Waals surface area contributed by atoms with Crippen molar-refractivity contribution < 1.29 is 19.1 Å². The van der Waals surface area contributed by atoms with Gasteiger partial charge in [-0.3, -0.25) is 4.79 Å². The van der Waals surface area contributed by atoms with Crippen molar-refractivity contribution in [3.8, 4) is 5.75 Å². The van der Waals surface area contributed by atoms with Gasteiger partial charge >= 0.3 is 6.09 Å². The van der Waals surface area contributed by atoms with E-state index in [-0.39, 0.29) is 30.7 Å². The van der Waals surface area contributed by atoms with Crippen molar-refractivity contribution in [3.05, 3.63) is 82.7 Å². The molecule has 0 aliphatic heterocycles. The largest absolute Gasteiger partial charge is 0.491 e. The number of aryl methyl sites for hydroxylation is 2. The highest BCUT2D eigenvalue weighted by atomic mass is 16.6. The van der Waals surface area contributed by atoms with E-state index in [1.54, 1.807) is 6.20 Å². The van der Waals surface area contributed by atoms with Crippen molar-refractivity contribution in [2.45, 2.75) is 77.7 Å². The summed E-state index contributed by atoms with van der Waals surface area (Å²) >= 11 is 0. The van der Waals surface area contributed by atoms with Crippen LogP contribution in [0.4, 0.5) is 4.79 Å². The van der Waals surface area contributed by atoms with Gasteiger partial charge in [0.25, 0.3) is 5.91 Å². The number of aromatic nitrogens is 2. The highest BCUT2D eigenvalue weighted by Crippen LogP contribution is 2.35. The van der Waals surface area contributed by atoms with E-state index in [9.17, 15) is 9.59 Å². The quantitative estimate of drug-likeness (QED) is 0.451. The topological polar surface area (TPSA) is 73.7 Å². The number of hydrogen-bond donors (Lipinski definition) is 0. The smallest absolute Gasteiger partial charge is 0.435 e. The van der Waals surface area contributed by atoms with Crippen LogP contribution < -0.4 is 4.74 Å². The first kappa shape index (κ1) is 24.1. The van der Waals surface area contributed by atoms with E-state index in [4.69, 9.17) is 9.47 Å². The molecule has 0 spiro atoms. The van der Waals surface area contributed by atoms with Crippen molar-refractivity contribution in [3.63, 3.8) is 0 Å². The molecule has 7 heteroatoms. The maximum Gasteiger partial charge on any atom is 0.435 e. The van der Waals surface area contributed by atoms with Crippen molar-refractivity contribution >= 4 is 12.0 Å². The highest BCUT2D eigenvalue weighted by Gasteiger charge is 2.39. The van der Waals surface area contributed by atoms with E-state index in [2.05, 4.69) is 10.00 Å². The van der Waals surface area contributed by atoms with Crippen molar-refractivity contribution in [1.29, 1.82) is 0 Å². The Morgan fingerprint density at radius 1 is 1.08 bits per heavy atom. The molecule has 0 radical (unpaired) electrons. The van der Waals surface area contributed by atoms with Gasteiger partial charge in [-0.2, -0.15) is 9.78 Å². The summed E-state index contributed by atoms with van der Waals surface area (Å²) in [6, 6.07) is 15.7. The van der Waals surface area contributed by atoms with Gasteiger partial charge < -0.3 is 14.4 Å². The number of rotatable bonds is 7. The van der Waals surface area contributed by atoms with Crippen LogP contribution in [0.3, 0.4) is 0 Å². The third-order valence-electron chi connectivity index (χ3n) is 6.79. The Bertz CT molecular complexity index is 1250. The lowest BCUT2D eigenvalue weighted by molar-refractivity contribution is 0.0642. The molecule has 5 rings (SSSR count). The van der Waals surface area contributed by atoms with Crippen molar-refractivity contribution in [2.75, 3.05) is 0 Å². The molecule has 1 aromatic heterocycles. The van der Waals surface area contributed by atoms with Gasteiger partial charge in [-0.25, -0.2) is 4.79 Å². The zero-order valence-corrected chi connectivity index (χ0v) is 21.1. The summed E-state index contributed by atoms with van der Waals surface area (Å²) in [5.74, 6) is 0.883. The number of nitrogens with zero attached hydrogens (tertiary/aromatic N) is 3. The zero-order valence-electron chi connectivity index (χ0n) is 21.1. The minimum absolute atomic E-state index is 0.0693. The minimum atomic E-state index is -0.487. The molecule has 2 aromatic carbocycles. The van der Waals surface area contributed by atoms with Crippen LogP contribution in [0.1, 0.15) is 65.9 Å². The fraction of sp³-hybridized carbons (Fsp3) is 0.414. The Morgan fingerprint density at radius 3 is 2.56 bits per heavy atom. The van der Waals surface area contributed by atoms with Crippen LogP contribution in [0, 0.1) is 6.92 Å². The Labute approximate surface area is 212 Å². The summed E-state index contributed by atoms with van der Waals surface area (Å²) in [4.78, 5) is 28.3.